The van der Waals surface area contributed by atoms with Crippen molar-refractivity contribution in [1.82, 2.24) is 0 Å². The maximum atomic E-state index is 12.5. The van der Waals surface area contributed by atoms with Gasteiger partial charge in [-0.15, -0.1) is 0 Å². The van der Waals surface area contributed by atoms with E-state index in [4.69, 9.17) is 9.15 Å². The Balaban J connectivity index is 1.67. The molecule has 29 heavy (non-hydrogen) atoms. The first-order chi connectivity index (χ1) is 14.2. The van der Waals surface area contributed by atoms with E-state index in [0.717, 1.165) is 52.9 Å². The van der Waals surface area contributed by atoms with Gasteiger partial charge >= 0.3 is 5.63 Å². The number of hydrogen-bond donors (Lipinski definition) is 0. The highest BCUT2D eigenvalue weighted by molar-refractivity contribution is 8.03. The van der Waals surface area contributed by atoms with Gasteiger partial charge in [0.05, 0.1) is 16.2 Å². The summed E-state index contributed by atoms with van der Waals surface area (Å²) in [6, 6.07) is 9.75. The van der Waals surface area contributed by atoms with E-state index in [-0.39, 0.29) is 5.63 Å². The summed E-state index contributed by atoms with van der Waals surface area (Å²) in [5.74, 6) is 0.846. The number of benzene rings is 1. The molecule has 0 atom stereocenters. The van der Waals surface area contributed by atoms with Gasteiger partial charge in [0.2, 0.25) is 5.71 Å². The van der Waals surface area contributed by atoms with Gasteiger partial charge in [-0.1, -0.05) is 26.0 Å². The molecule has 148 valence electrons. The van der Waals surface area contributed by atoms with E-state index in [1.807, 2.05) is 48.6 Å². The molecule has 0 unspecified atom stereocenters. The SMILES string of the molecule is CCC[N+](CCC)=C1C=Cc2c/c(=C/C=C3/Oc4ccccc4S3)c(=O)oc2=C1. The molecule has 4 nitrogen and oxygen atoms in total. The molecule has 1 aromatic heterocycles. The Morgan fingerprint density at radius 3 is 2.62 bits per heavy atom. The van der Waals surface area contributed by atoms with Crippen LogP contribution in [-0.2, 0) is 0 Å². The fraction of sp³-hybridized carbons (Fsp3) is 0.250. The first-order valence-electron chi connectivity index (χ1n) is 10.0. The van der Waals surface area contributed by atoms with Gasteiger partial charge in [0.15, 0.2) is 5.09 Å². The Kier molecular flexibility index (Phi) is 5.86. The third-order valence-electron chi connectivity index (χ3n) is 4.77. The van der Waals surface area contributed by atoms with Gasteiger partial charge in [0, 0.05) is 24.5 Å². The monoisotopic (exact) mass is 406 g/mol. The molecule has 0 fully saturated rings. The van der Waals surface area contributed by atoms with Crippen LogP contribution in [0.5, 0.6) is 5.75 Å². The number of nitrogens with zero attached hydrogens (tertiary/aromatic N) is 1. The quantitative estimate of drug-likeness (QED) is 0.713. The van der Waals surface area contributed by atoms with Gasteiger partial charge in [0.1, 0.15) is 24.3 Å². The van der Waals surface area contributed by atoms with Crippen molar-refractivity contribution in [3.8, 4) is 5.75 Å². The number of rotatable bonds is 5. The van der Waals surface area contributed by atoms with Crippen molar-refractivity contribution in [2.24, 2.45) is 0 Å². The van der Waals surface area contributed by atoms with E-state index in [1.54, 1.807) is 17.8 Å². The fourth-order valence-corrected chi connectivity index (χ4v) is 4.26. The lowest BCUT2D eigenvalue weighted by Crippen LogP contribution is -2.32. The first-order valence-corrected chi connectivity index (χ1v) is 10.8. The van der Waals surface area contributed by atoms with Crippen LogP contribution in [0.2, 0.25) is 0 Å². The Hall–Kier alpha value is -2.79. The third-order valence-corrected chi connectivity index (χ3v) is 5.75. The van der Waals surface area contributed by atoms with Gasteiger partial charge in [-0.05, 0) is 48.2 Å². The Bertz CT molecular complexity index is 1170. The zero-order chi connectivity index (χ0) is 20.2. The molecule has 2 aromatic rings. The molecule has 2 heterocycles. The molecule has 4 rings (SSSR count). The molecule has 0 amide bonds. The minimum atomic E-state index is -0.343. The molecule has 1 aromatic carbocycles. The highest BCUT2D eigenvalue weighted by Crippen LogP contribution is 2.42. The molecule has 0 radical (unpaired) electrons. The maximum Gasteiger partial charge on any atom is 0.343 e. The van der Waals surface area contributed by atoms with E-state index >= 15 is 0 Å². The van der Waals surface area contributed by atoms with Crippen molar-refractivity contribution in [2.75, 3.05) is 13.1 Å². The van der Waals surface area contributed by atoms with Crippen molar-refractivity contribution >= 4 is 35.7 Å². The van der Waals surface area contributed by atoms with Crippen LogP contribution >= 0.6 is 11.8 Å². The van der Waals surface area contributed by atoms with Gasteiger partial charge in [-0.2, -0.15) is 0 Å². The lowest BCUT2D eigenvalue weighted by atomic mass is 10.1. The predicted molar refractivity (Wildman–Crippen MR) is 119 cm³/mol. The number of hydrogen-bond acceptors (Lipinski definition) is 4. The summed E-state index contributed by atoms with van der Waals surface area (Å²) in [6.45, 7) is 6.32. The summed E-state index contributed by atoms with van der Waals surface area (Å²) in [6.07, 6.45) is 11.8. The number of fused-ring (bicyclic) bond motifs is 2. The van der Waals surface area contributed by atoms with E-state index in [9.17, 15) is 4.79 Å². The van der Waals surface area contributed by atoms with Crippen LogP contribution in [0.25, 0.3) is 18.2 Å². The lowest BCUT2D eigenvalue weighted by molar-refractivity contribution is -0.525. The second-order valence-corrected chi connectivity index (χ2v) is 8.05. The third kappa shape index (κ3) is 4.30. The van der Waals surface area contributed by atoms with Crippen LogP contribution in [-0.4, -0.2) is 23.4 Å². The summed E-state index contributed by atoms with van der Waals surface area (Å²) < 4.78 is 13.8. The molecule has 0 N–H and O–H groups in total. The summed E-state index contributed by atoms with van der Waals surface area (Å²) in [5.41, 5.74) is 2.28. The highest BCUT2D eigenvalue weighted by atomic mass is 32.2. The van der Waals surface area contributed by atoms with Crippen LogP contribution in [0.15, 0.2) is 61.7 Å². The predicted octanol–water partition coefficient (Wildman–Crippen LogP) is 3.53. The van der Waals surface area contributed by atoms with Crippen molar-refractivity contribution < 1.29 is 13.7 Å². The largest absolute Gasteiger partial charge is 0.449 e. The van der Waals surface area contributed by atoms with Crippen LogP contribution in [0.1, 0.15) is 32.3 Å². The van der Waals surface area contributed by atoms with E-state index < -0.39 is 0 Å². The number of para-hydroxylation sites is 1. The molecule has 0 bridgehead atoms. The lowest BCUT2D eigenvalue weighted by Gasteiger charge is -2.06. The van der Waals surface area contributed by atoms with Crippen molar-refractivity contribution in [1.29, 1.82) is 0 Å². The zero-order valence-electron chi connectivity index (χ0n) is 16.7. The normalized spacial score (nSPS) is 16.4. The van der Waals surface area contributed by atoms with Gasteiger partial charge in [-0.3, -0.25) is 0 Å². The Labute approximate surface area is 174 Å². The molecule has 1 aliphatic carbocycles. The van der Waals surface area contributed by atoms with Crippen molar-refractivity contribution in [2.45, 2.75) is 31.6 Å². The van der Waals surface area contributed by atoms with Gasteiger partial charge in [-0.25, -0.2) is 9.37 Å². The van der Waals surface area contributed by atoms with E-state index in [1.165, 1.54) is 0 Å². The Morgan fingerprint density at radius 1 is 1.07 bits per heavy atom. The minimum Gasteiger partial charge on any atom is -0.449 e. The standard InChI is InChI=1S/C24H24NO3S/c1-3-13-25(14-4-2)19-11-9-17-15-18(24(26)28-21(17)16-19)10-12-23-27-20-7-5-6-8-22(20)29-23/h5-12,15-16H,3-4,13-14H2,1-2H3/q+1/b18-10-,23-12-. The molecule has 5 heteroatoms. The molecule has 0 saturated heterocycles. The Morgan fingerprint density at radius 2 is 1.86 bits per heavy atom. The average molecular weight is 407 g/mol. The second kappa shape index (κ2) is 8.70. The number of ether oxygens (including phenoxy) is 1. The molecule has 0 spiro atoms. The van der Waals surface area contributed by atoms with Crippen LogP contribution < -0.4 is 21.0 Å². The van der Waals surface area contributed by atoms with E-state index in [0.29, 0.717) is 10.6 Å². The summed E-state index contributed by atoms with van der Waals surface area (Å²) >= 11 is 1.55. The van der Waals surface area contributed by atoms with Crippen LogP contribution in [0, 0.1) is 0 Å². The zero-order valence-corrected chi connectivity index (χ0v) is 17.5. The average Bonchev–Trinajstić information content (AvgIpc) is 3.14. The first kappa shape index (κ1) is 19.5. The molecule has 0 saturated carbocycles. The van der Waals surface area contributed by atoms with Crippen LogP contribution in [0.3, 0.4) is 0 Å². The van der Waals surface area contributed by atoms with Gasteiger partial charge < -0.3 is 9.15 Å². The second-order valence-electron chi connectivity index (χ2n) is 7.00. The summed E-state index contributed by atoms with van der Waals surface area (Å²) in [7, 11) is 0. The maximum absolute atomic E-state index is 12.5. The summed E-state index contributed by atoms with van der Waals surface area (Å²) in [5, 5.41) is 1.26. The fourth-order valence-electron chi connectivity index (χ4n) is 3.42. The molecular weight excluding hydrogens is 382 g/mol. The summed E-state index contributed by atoms with van der Waals surface area (Å²) in [4.78, 5) is 13.6. The topological polar surface area (TPSA) is 42.5 Å². The molecular formula is C24H24NO3S+. The smallest absolute Gasteiger partial charge is 0.343 e. The van der Waals surface area contributed by atoms with Crippen molar-refractivity contribution in [3.05, 3.63) is 74.2 Å². The van der Waals surface area contributed by atoms with E-state index in [2.05, 4.69) is 24.5 Å². The highest BCUT2D eigenvalue weighted by Gasteiger charge is 2.17. The number of thioether (sulfide) groups is 1. The molecule has 1 aliphatic heterocycles. The molecule has 2 aliphatic rings. The van der Waals surface area contributed by atoms with Crippen LogP contribution in [0.4, 0.5) is 0 Å². The number of allylic oxidation sites excluding steroid dienone is 2. The minimum absolute atomic E-state index is 0.343. The van der Waals surface area contributed by atoms with Gasteiger partial charge in [0.25, 0.3) is 0 Å². The van der Waals surface area contributed by atoms with Crippen molar-refractivity contribution in [3.63, 3.8) is 0 Å².